The van der Waals surface area contributed by atoms with E-state index < -0.39 is 65.0 Å². The molecule has 4 atom stereocenters. The topological polar surface area (TPSA) is 253 Å². The van der Waals surface area contributed by atoms with E-state index in [2.05, 4.69) is 36.6 Å². The Kier molecular flexibility index (Phi) is 16.5. The van der Waals surface area contributed by atoms with Gasteiger partial charge < -0.3 is 42.5 Å². The minimum Gasteiger partial charge on any atom is -0.450 e. The number of nitrogens with two attached hydrogens (primary N) is 2. The number of ether oxygens (including phenoxy) is 1. The lowest BCUT2D eigenvalue weighted by molar-refractivity contribution is -0.136. The Hall–Kier alpha value is -6.29. The predicted octanol–water partition coefficient (Wildman–Crippen LogP) is 2.80. The van der Waals surface area contributed by atoms with Crippen LogP contribution in [0.3, 0.4) is 0 Å². The van der Waals surface area contributed by atoms with Crippen molar-refractivity contribution < 1.29 is 33.5 Å². The molecule has 3 aromatic carbocycles. The van der Waals surface area contributed by atoms with Gasteiger partial charge in [0.2, 0.25) is 23.6 Å². The van der Waals surface area contributed by atoms with Crippen molar-refractivity contribution in [3.8, 4) is 0 Å². The predicted molar refractivity (Wildman–Crippen MR) is 223 cm³/mol. The summed E-state index contributed by atoms with van der Waals surface area (Å²) < 4.78 is 5.26. The summed E-state index contributed by atoms with van der Waals surface area (Å²) in [4.78, 5) is 89.2. The van der Waals surface area contributed by atoms with Gasteiger partial charge in [-0.25, -0.2) is 9.78 Å². The molecule has 0 saturated heterocycles. The molecule has 0 aliphatic rings. The van der Waals surface area contributed by atoms with Crippen molar-refractivity contribution in [3.63, 3.8) is 0 Å². The molecule has 16 heteroatoms. The number of rotatable bonds is 22. The normalized spacial score (nSPS) is 13.8. The largest absolute Gasteiger partial charge is 0.450 e. The second kappa shape index (κ2) is 21.5. The first kappa shape index (κ1) is 45.4. The Balaban J connectivity index is 1.70. The van der Waals surface area contributed by atoms with Gasteiger partial charge in [0.25, 0.3) is 5.91 Å². The number of imidazole rings is 1. The zero-order valence-electron chi connectivity index (χ0n) is 34.1. The number of nitrogens with one attached hydrogen (secondary N) is 6. The maximum Gasteiger partial charge on any atom is 0.409 e. The Labute approximate surface area is 344 Å². The highest BCUT2D eigenvalue weighted by Gasteiger charge is 2.42. The van der Waals surface area contributed by atoms with Crippen molar-refractivity contribution in [3.05, 3.63) is 102 Å². The van der Waals surface area contributed by atoms with Gasteiger partial charge in [0, 0.05) is 25.5 Å². The molecule has 1 heterocycles. The number of unbranched alkanes of at least 4 members (excludes halogenated alkanes) is 2. The SMILES string of the molecule is CCCCOC(=O)NC(CCCC)(NC(=O)[C@@H](Cc1ccccc1)NC(=O)[C@@H](Cc1ccc2ccccc2c1)NC(=O)[C@H](Cc1c[nH]cn1)NC(=O)C(C)(C)N)C(N)=O. The van der Waals surface area contributed by atoms with Crippen LogP contribution in [-0.2, 0) is 48.0 Å². The van der Waals surface area contributed by atoms with E-state index in [1.807, 2.05) is 56.3 Å². The smallest absolute Gasteiger partial charge is 0.409 e. The molecule has 0 saturated carbocycles. The van der Waals surface area contributed by atoms with E-state index in [0.717, 1.165) is 17.2 Å². The second-order valence-electron chi connectivity index (χ2n) is 15.2. The fourth-order valence-corrected chi connectivity index (χ4v) is 6.24. The highest BCUT2D eigenvalue weighted by atomic mass is 16.5. The number of hydrogen-bond donors (Lipinski definition) is 8. The second-order valence-corrected chi connectivity index (χ2v) is 15.2. The lowest BCUT2D eigenvalue weighted by Crippen LogP contribution is -2.70. The van der Waals surface area contributed by atoms with Gasteiger partial charge in [0.05, 0.1) is 24.2 Å². The fraction of sp³-hybridized carbons (Fsp3) is 0.419. The number of nitrogens with zero attached hydrogens (tertiary/aromatic N) is 1. The van der Waals surface area contributed by atoms with Crippen LogP contribution in [0, 0.1) is 0 Å². The van der Waals surface area contributed by atoms with E-state index in [0.29, 0.717) is 36.1 Å². The third-order valence-electron chi connectivity index (χ3n) is 9.69. The quantitative estimate of drug-likeness (QED) is 0.0429. The maximum atomic E-state index is 14.6. The van der Waals surface area contributed by atoms with Crippen LogP contribution in [0.5, 0.6) is 0 Å². The molecule has 0 spiro atoms. The number of carbonyl (C=O) groups is 6. The minimum atomic E-state index is -2.05. The van der Waals surface area contributed by atoms with Crippen LogP contribution in [0.4, 0.5) is 4.79 Å². The Bertz CT molecular complexity index is 2040. The molecule has 10 N–H and O–H groups in total. The molecule has 0 aliphatic carbocycles. The van der Waals surface area contributed by atoms with Crippen molar-refractivity contribution in [1.82, 2.24) is 36.6 Å². The van der Waals surface area contributed by atoms with Gasteiger partial charge >= 0.3 is 6.09 Å². The lowest BCUT2D eigenvalue weighted by Gasteiger charge is -2.34. The van der Waals surface area contributed by atoms with Crippen LogP contribution in [-0.4, -0.2) is 81.5 Å². The number of primary amides is 1. The van der Waals surface area contributed by atoms with Gasteiger partial charge in [-0.2, -0.15) is 0 Å². The molecule has 0 fully saturated rings. The number of carbonyl (C=O) groups excluding carboxylic acids is 6. The number of aromatic amines is 1. The summed E-state index contributed by atoms with van der Waals surface area (Å²) in [5.74, 6) is -3.89. The van der Waals surface area contributed by atoms with Crippen molar-refractivity contribution >= 4 is 46.4 Å². The number of H-pyrrole nitrogens is 1. The summed E-state index contributed by atoms with van der Waals surface area (Å²) in [7, 11) is 0. The summed E-state index contributed by atoms with van der Waals surface area (Å²) in [5, 5.41) is 15.3. The first-order valence-electron chi connectivity index (χ1n) is 19.9. The van der Waals surface area contributed by atoms with Crippen LogP contribution >= 0.6 is 0 Å². The third-order valence-corrected chi connectivity index (χ3v) is 9.69. The molecule has 4 rings (SSSR count). The number of benzene rings is 3. The molecule has 0 bridgehead atoms. The number of fused-ring (bicyclic) bond motifs is 1. The van der Waals surface area contributed by atoms with Gasteiger partial charge in [0.1, 0.15) is 18.1 Å². The Morgan fingerprint density at radius 2 is 1.34 bits per heavy atom. The molecule has 59 heavy (non-hydrogen) atoms. The first-order chi connectivity index (χ1) is 28.1. The van der Waals surface area contributed by atoms with E-state index in [1.54, 1.807) is 36.5 Å². The number of hydrogen-bond acceptors (Lipinski definition) is 9. The standard InChI is InChI=1S/C43H57N9O7/c1-5-7-20-43(39(44)56,52-41(58)59-21-8-6-2)51-38(55)34(23-28-14-10-9-11-15-28)49-36(53)33(24-29-18-19-30-16-12-13-17-31(30)22-29)48-37(54)35(25-32-26-46-27-47-32)50-40(57)42(3,4)45/h9-19,22,26-27,33-35H,5-8,20-21,23-25,45H2,1-4H3,(H2,44,56)(H,46,47)(H,48,54)(H,49,53)(H,50,57)(H,51,55)(H,52,58)/t33-,34-,35+,43?/m1/s1. The molecule has 4 aromatic rings. The van der Waals surface area contributed by atoms with Crippen molar-refractivity contribution in [2.75, 3.05) is 6.61 Å². The average molecular weight is 812 g/mol. The van der Waals surface area contributed by atoms with Crippen LogP contribution in [0.2, 0.25) is 0 Å². The van der Waals surface area contributed by atoms with Gasteiger partial charge in [-0.1, -0.05) is 99.5 Å². The highest BCUT2D eigenvalue weighted by molar-refractivity contribution is 5.98. The summed E-state index contributed by atoms with van der Waals surface area (Å²) in [6, 6.07) is 18.4. The molecule has 0 aliphatic heterocycles. The van der Waals surface area contributed by atoms with Crippen molar-refractivity contribution in [2.45, 2.75) is 108 Å². The van der Waals surface area contributed by atoms with E-state index in [9.17, 15) is 28.8 Å². The highest BCUT2D eigenvalue weighted by Crippen LogP contribution is 2.18. The monoisotopic (exact) mass is 811 g/mol. The third kappa shape index (κ3) is 13.7. The van der Waals surface area contributed by atoms with E-state index >= 15 is 0 Å². The number of amides is 6. The van der Waals surface area contributed by atoms with E-state index in [4.69, 9.17) is 16.2 Å². The molecule has 1 aromatic heterocycles. The Morgan fingerprint density at radius 3 is 1.95 bits per heavy atom. The molecule has 1 unspecified atom stereocenters. The summed E-state index contributed by atoms with van der Waals surface area (Å²) >= 11 is 0. The Morgan fingerprint density at radius 1 is 0.729 bits per heavy atom. The number of alkyl carbamates (subject to hydrolysis) is 1. The zero-order chi connectivity index (χ0) is 43.0. The lowest BCUT2D eigenvalue weighted by atomic mass is 9.98. The van der Waals surface area contributed by atoms with Gasteiger partial charge in [-0.05, 0) is 55.0 Å². The molecule has 0 radical (unpaired) electrons. The van der Waals surface area contributed by atoms with E-state index in [1.165, 1.54) is 20.2 Å². The van der Waals surface area contributed by atoms with Crippen LogP contribution in [0.15, 0.2) is 85.3 Å². The minimum absolute atomic E-state index is 0.0135. The summed E-state index contributed by atoms with van der Waals surface area (Å²) in [6.07, 6.45) is 4.28. The van der Waals surface area contributed by atoms with E-state index in [-0.39, 0.29) is 32.3 Å². The molecular formula is C43H57N9O7. The first-order valence-corrected chi connectivity index (χ1v) is 19.9. The van der Waals surface area contributed by atoms with Gasteiger partial charge in [0.15, 0.2) is 5.66 Å². The van der Waals surface area contributed by atoms with Crippen molar-refractivity contribution in [1.29, 1.82) is 0 Å². The zero-order valence-corrected chi connectivity index (χ0v) is 34.1. The van der Waals surface area contributed by atoms with Crippen molar-refractivity contribution in [2.24, 2.45) is 11.5 Å². The average Bonchev–Trinajstić information content (AvgIpc) is 3.72. The van der Waals surface area contributed by atoms with Gasteiger partial charge in [-0.3, -0.25) is 29.3 Å². The molecule has 6 amide bonds. The maximum absolute atomic E-state index is 14.6. The molecule has 316 valence electrons. The van der Waals surface area contributed by atoms with Crippen LogP contribution < -0.4 is 38.1 Å². The summed E-state index contributed by atoms with van der Waals surface area (Å²) in [5.41, 5.74) is 10.4. The van der Waals surface area contributed by atoms with Gasteiger partial charge in [-0.15, -0.1) is 0 Å². The van der Waals surface area contributed by atoms with Crippen LogP contribution in [0.25, 0.3) is 10.8 Å². The molecular weight excluding hydrogens is 755 g/mol. The number of aromatic nitrogens is 2. The fourth-order valence-electron chi connectivity index (χ4n) is 6.24. The van der Waals surface area contributed by atoms with Crippen LogP contribution in [0.1, 0.15) is 76.6 Å². The molecule has 16 nitrogen and oxygen atoms in total. The summed E-state index contributed by atoms with van der Waals surface area (Å²) in [6.45, 7) is 6.89.